The minimum absolute atomic E-state index is 0.0686. The molecule has 5 heteroatoms. The van der Waals surface area contributed by atoms with E-state index in [0.717, 1.165) is 48.6 Å². The van der Waals surface area contributed by atoms with Crippen LogP contribution in [0.25, 0.3) is 0 Å². The van der Waals surface area contributed by atoms with Crippen molar-refractivity contribution in [2.45, 2.75) is 57.4 Å². The van der Waals surface area contributed by atoms with E-state index >= 15 is 0 Å². The molecule has 1 atom stereocenters. The summed E-state index contributed by atoms with van der Waals surface area (Å²) in [5, 5.41) is 7.69. The van der Waals surface area contributed by atoms with Crippen molar-refractivity contribution in [1.29, 1.82) is 0 Å². The number of anilines is 1. The molecule has 0 saturated heterocycles. The molecule has 5 nitrogen and oxygen atoms in total. The van der Waals surface area contributed by atoms with E-state index in [0.29, 0.717) is 12.5 Å². The Kier molecular flexibility index (Phi) is 4.47. The molecule has 0 spiro atoms. The normalized spacial score (nSPS) is 20.4. The highest BCUT2D eigenvalue weighted by Crippen LogP contribution is 2.40. The van der Waals surface area contributed by atoms with E-state index in [1.807, 2.05) is 23.0 Å². The third-order valence-electron chi connectivity index (χ3n) is 5.27. The minimum atomic E-state index is 0.0686. The van der Waals surface area contributed by atoms with Crippen molar-refractivity contribution in [2.24, 2.45) is 0 Å². The van der Waals surface area contributed by atoms with Gasteiger partial charge in [-0.15, -0.1) is 0 Å². The van der Waals surface area contributed by atoms with E-state index in [-0.39, 0.29) is 11.8 Å². The summed E-state index contributed by atoms with van der Waals surface area (Å²) in [4.78, 5) is 12.3. The molecule has 25 heavy (non-hydrogen) atoms. The number of nitrogens with zero attached hydrogens (tertiary/aromatic N) is 2. The Morgan fingerprint density at radius 1 is 1.24 bits per heavy atom. The predicted octanol–water partition coefficient (Wildman–Crippen LogP) is 4.26. The number of nitrogens with one attached hydrogen (secondary N) is 1. The fourth-order valence-electron chi connectivity index (χ4n) is 3.98. The lowest BCUT2D eigenvalue weighted by molar-refractivity contribution is -0.116. The average Bonchev–Trinajstić information content (AvgIpc) is 3.29. The SMILES string of the molecule is CCCOc1ccc(C2CC(=O)Nc3c2cnn3C2CCCC2)cc1. The van der Waals surface area contributed by atoms with E-state index < -0.39 is 0 Å². The quantitative estimate of drug-likeness (QED) is 0.885. The van der Waals surface area contributed by atoms with Crippen LogP contribution < -0.4 is 10.1 Å². The number of fused-ring (bicyclic) bond motifs is 1. The standard InChI is InChI=1S/C20H25N3O2/c1-2-11-25-16-9-7-14(8-10-16)17-12-19(24)22-20-18(17)13-21-23(20)15-5-3-4-6-15/h7-10,13,15,17H,2-6,11-12H2,1H3,(H,22,24). The first-order valence-corrected chi connectivity index (χ1v) is 9.36. The Balaban J connectivity index is 1.62. The van der Waals surface area contributed by atoms with Gasteiger partial charge < -0.3 is 10.1 Å². The number of rotatable bonds is 5. The van der Waals surface area contributed by atoms with Crippen molar-refractivity contribution in [2.75, 3.05) is 11.9 Å². The first-order chi connectivity index (χ1) is 12.3. The monoisotopic (exact) mass is 339 g/mol. The number of hydrogen-bond acceptors (Lipinski definition) is 3. The Hall–Kier alpha value is -2.30. The van der Waals surface area contributed by atoms with Crippen LogP contribution in [-0.4, -0.2) is 22.3 Å². The van der Waals surface area contributed by atoms with Gasteiger partial charge in [0.05, 0.1) is 18.8 Å². The lowest BCUT2D eigenvalue weighted by Crippen LogP contribution is -2.25. The predicted molar refractivity (Wildman–Crippen MR) is 97.0 cm³/mol. The van der Waals surface area contributed by atoms with Gasteiger partial charge in [0.1, 0.15) is 11.6 Å². The molecule has 0 radical (unpaired) electrons. The zero-order valence-electron chi connectivity index (χ0n) is 14.7. The number of benzene rings is 1. The molecular formula is C20H25N3O2. The maximum absolute atomic E-state index is 12.3. The number of carbonyl (C=O) groups is 1. The number of ether oxygens (including phenoxy) is 1. The van der Waals surface area contributed by atoms with Gasteiger partial charge in [0.2, 0.25) is 5.91 Å². The number of hydrogen-bond donors (Lipinski definition) is 1. The van der Waals surface area contributed by atoms with Gasteiger partial charge >= 0.3 is 0 Å². The molecule has 1 aromatic heterocycles. The van der Waals surface area contributed by atoms with E-state index in [2.05, 4.69) is 29.5 Å². The second-order valence-electron chi connectivity index (χ2n) is 7.05. The van der Waals surface area contributed by atoms with Crippen LogP contribution in [0, 0.1) is 0 Å². The molecule has 0 bridgehead atoms. The molecule has 2 aromatic rings. The van der Waals surface area contributed by atoms with Crippen LogP contribution in [0.3, 0.4) is 0 Å². The maximum atomic E-state index is 12.3. The van der Waals surface area contributed by atoms with Crippen LogP contribution in [-0.2, 0) is 4.79 Å². The van der Waals surface area contributed by atoms with Crippen LogP contribution in [0.5, 0.6) is 5.75 Å². The molecule has 1 amide bonds. The van der Waals surface area contributed by atoms with Crippen molar-refractivity contribution >= 4 is 11.7 Å². The number of amides is 1. The first kappa shape index (κ1) is 16.2. The molecule has 1 aliphatic heterocycles. The highest BCUT2D eigenvalue weighted by Gasteiger charge is 2.32. The molecule has 1 aliphatic carbocycles. The van der Waals surface area contributed by atoms with Gasteiger partial charge in [0.25, 0.3) is 0 Å². The minimum Gasteiger partial charge on any atom is -0.494 e. The van der Waals surface area contributed by atoms with E-state index in [4.69, 9.17) is 4.74 Å². The van der Waals surface area contributed by atoms with Gasteiger partial charge in [-0.25, -0.2) is 4.68 Å². The molecule has 1 aromatic carbocycles. The van der Waals surface area contributed by atoms with Crippen LogP contribution in [0.2, 0.25) is 0 Å². The van der Waals surface area contributed by atoms with E-state index in [9.17, 15) is 4.79 Å². The summed E-state index contributed by atoms with van der Waals surface area (Å²) < 4.78 is 7.71. The smallest absolute Gasteiger partial charge is 0.226 e. The summed E-state index contributed by atoms with van der Waals surface area (Å²) in [6.07, 6.45) is 8.20. The second-order valence-corrected chi connectivity index (χ2v) is 7.05. The van der Waals surface area contributed by atoms with Gasteiger partial charge in [-0.3, -0.25) is 4.79 Å². The third-order valence-corrected chi connectivity index (χ3v) is 5.27. The largest absolute Gasteiger partial charge is 0.494 e. The van der Waals surface area contributed by atoms with Crippen molar-refractivity contribution in [3.05, 3.63) is 41.6 Å². The fraction of sp³-hybridized carbons (Fsp3) is 0.500. The Bertz CT molecular complexity index is 745. The lowest BCUT2D eigenvalue weighted by Gasteiger charge is -2.25. The molecule has 4 rings (SSSR count). The Morgan fingerprint density at radius 3 is 2.72 bits per heavy atom. The highest BCUT2D eigenvalue weighted by molar-refractivity contribution is 5.94. The average molecular weight is 339 g/mol. The van der Waals surface area contributed by atoms with Gasteiger partial charge in [-0.05, 0) is 37.0 Å². The number of carbonyl (C=O) groups excluding carboxylic acids is 1. The van der Waals surface area contributed by atoms with Gasteiger partial charge in [0.15, 0.2) is 0 Å². The number of aromatic nitrogens is 2. The Morgan fingerprint density at radius 2 is 2.00 bits per heavy atom. The zero-order valence-corrected chi connectivity index (χ0v) is 14.7. The molecule has 1 saturated carbocycles. The molecule has 1 unspecified atom stereocenters. The van der Waals surface area contributed by atoms with Crippen LogP contribution >= 0.6 is 0 Å². The van der Waals surface area contributed by atoms with Crippen LogP contribution in [0.1, 0.15) is 68.5 Å². The van der Waals surface area contributed by atoms with Crippen molar-refractivity contribution in [3.63, 3.8) is 0 Å². The molecule has 1 fully saturated rings. The van der Waals surface area contributed by atoms with Gasteiger partial charge in [-0.2, -0.15) is 5.10 Å². The summed E-state index contributed by atoms with van der Waals surface area (Å²) in [5.41, 5.74) is 2.28. The third kappa shape index (κ3) is 3.15. The molecule has 132 valence electrons. The summed E-state index contributed by atoms with van der Waals surface area (Å²) in [5.74, 6) is 1.93. The van der Waals surface area contributed by atoms with Gasteiger partial charge in [0, 0.05) is 17.9 Å². The summed E-state index contributed by atoms with van der Waals surface area (Å²) >= 11 is 0. The van der Waals surface area contributed by atoms with Crippen LogP contribution in [0.4, 0.5) is 5.82 Å². The highest BCUT2D eigenvalue weighted by atomic mass is 16.5. The first-order valence-electron chi connectivity index (χ1n) is 9.36. The molecule has 2 aliphatic rings. The van der Waals surface area contributed by atoms with Crippen molar-refractivity contribution < 1.29 is 9.53 Å². The Labute approximate surface area is 148 Å². The van der Waals surface area contributed by atoms with E-state index in [1.54, 1.807) is 0 Å². The van der Waals surface area contributed by atoms with Crippen molar-refractivity contribution in [1.82, 2.24) is 9.78 Å². The molecule has 1 N–H and O–H groups in total. The summed E-state index contributed by atoms with van der Waals surface area (Å²) in [6.45, 7) is 2.82. The fourth-order valence-corrected chi connectivity index (χ4v) is 3.98. The zero-order chi connectivity index (χ0) is 17.2. The topological polar surface area (TPSA) is 56.1 Å². The molecule has 2 heterocycles. The van der Waals surface area contributed by atoms with Crippen LogP contribution in [0.15, 0.2) is 30.5 Å². The van der Waals surface area contributed by atoms with Crippen molar-refractivity contribution in [3.8, 4) is 5.75 Å². The lowest BCUT2D eigenvalue weighted by atomic mass is 9.87. The van der Waals surface area contributed by atoms with Gasteiger partial charge in [-0.1, -0.05) is 31.9 Å². The van der Waals surface area contributed by atoms with E-state index in [1.165, 1.54) is 12.8 Å². The second kappa shape index (κ2) is 6.90. The molecular weight excluding hydrogens is 314 g/mol. The maximum Gasteiger partial charge on any atom is 0.226 e. The summed E-state index contributed by atoms with van der Waals surface area (Å²) in [6, 6.07) is 8.57. The summed E-state index contributed by atoms with van der Waals surface area (Å²) in [7, 11) is 0.